The molecule has 0 radical (unpaired) electrons. The SMILES string of the molecule is O=C(/C=C/c1cccc([N+](=O)[O-])c1)N[C@@H](C(=O)O)c1ccccc1. The lowest BCUT2D eigenvalue weighted by Gasteiger charge is -2.13. The first-order valence-corrected chi connectivity index (χ1v) is 6.98. The van der Waals surface area contributed by atoms with Crippen LogP contribution >= 0.6 is 0 Å². The van der Waals surface area contributed by atoms with E-state index in [2.05, 4.69) is 5.32 Å². The highest BCUT2D eigenvalue weighted by atomic mass is 16.6. The van der Waals surface area contributed by atoms with E-state index in [9.17, 15) is 24.8 Å². The fraction of sp³-hybridized carbons (Fsp3) is 0.0588. The molecule has 0 unspecified atom stereocenters. The van der Waals surface area contributed by atoms with Gasteiger partial charge in [0.25, 0.3) is 5.69 Å². The predicted molar refractivity (Wildman–Crippen MR) is 87.1 cm³/mol. The van der Waals surface area contributed by atoms with Crippen molar-refractivity contribution in [3.63, 3.8) is 0 Å². The smallest absolute Gasteiger partial charge is 0.330 e. The normalized spacial score (nSPS) is 11.8. The quantitative estimate of drug-likeness (QED) is 0.481. The number of nitro benzene ring substituents is 1. The fourth-order valence-electron chi connectivity index (χ4n) is 2.04. The summed E-state index contributed by atoms with van der Waals surface area (Å²) in [5.41, 5.74) is 0.818. The second-order valence-corrected chi connectivity index (χ2v) is 4.88. The molecule has 0 spiro atoms. The largest absolute Gasteiger partial charge is 0.479 e. The van der Waals surface area contributed by atoms with E-state index in [4.69, 9.17) is 0 Å². The maximum atomic E-state index is 11.9. The van der Waals surface area contributed by atoms with Crippen molar-refractivity contribution in [3.05, 3.63) is 81.9 Å². The van der Waals surface area contributed by atoms with Crippen LogP contribution in [-0.4, -0.2) is 21.9 Å². The first kappa shape index (κ1) is 16.9. The van der Waals surface area contributed by atoms with E-state index in [0.717, 1.165) is 6.08 Å². The molecule has 0 saturated heterocycles. The zero-order chi connectivity index (χ0) is 17.5. The molecule has 0 aliphatic heterocycles. The second-order valence-electron chi connectivity index (χ2n) is 4.88. The molecule has 0 saturated carbocycles. The van der Waals surface area contributed by atoms with Crippen molar-refractivity contribution in [2.24, 2.45) is 0 Å². The number of aliphatic carboxylic acids is 1. The van der Waals surface area contributed by atoms with Gasteiger partial charge in [-0.15, -0.1) is 0 Å². The third kappa shape index (κ3) is 4.51. The highest BCUT2D eigenvalue weighted by molar-refractivity contribution is 5.94. The third-order valence-corrected chi connectivity index (χ3v) is 3.17. The number of amides is 1. The molecule has 1 atom stereocenters. The molecule has 2 aromatic carbocycles. The number of carboxylic acids is 1. The Kier molecular flexibility index (Phi) is 5.40. The Hall–Kier alpha value is -3.48. The summed E-state index contributed by atoms with van der Waals surface area (Å²) in [5.74, 6) is -1.80. The first-order valence-electron chi connectivity index (χ1n) is 6.98. The van der Waals surface area contributed by atoms with Crippen LogP contribution in [0.25, 0.3) is 6.08 Å². The van der Waals surface area contributed by atoms with Crippen LogP contribution in [0.1, 0.15) is 17.2 Å². The highest BCUT2D eigenvalue weighted by Crippen LogP contribution is 2.15. The average Bonchev–Trinajstić information content (AvgIpc) is 2.58. The summed E-state index contributed by atoms with van der Waals surface area (Å²) in [6.45, 7) is 0. The summed E-state index contributed by atoms with van der Waals surface area (Å²) in [5, 5.41) is 22.3. The summed E-state index contributed by atoms with van der Waals surface area (Å²) < 4.78 is 0. The van der Waals surface area contributed by atoms with Crippen LogP contribution in [0, 0.1) is 10.1 Å². The molecule has 0 fully saturated rings. The Morgan fingerprint density at radius 1 is 1.12 bits per heavy atom. The minimum absolute atomic E-state index is 0.0924. The zero-order valence-corrected chi connectivity index (χ0v) is 12.5. The summed E-state index contributed by atoms with van der Waals surface area (Å²) in [6, 6.07) is 12.9. The summed E-state index contributed by atoms with van der Waals surface area (Å²) >= 11 is 0. The Bertz CT molecular complexity index is 787. The van der Waals surface area contributed by atoms with Crippen molar-refractivity contribution in [2.45, 2.75) is 6.04 Å². The molecule has 0 aliphatic rings. The van der Waals surface area contributed by atoms with E-state index in [1.54, 1.807) is 36.4 Å². The number of benzene rings is 2. The van der Waals surface area contributed by atoms with Gasteiger partial charge in [-0.1, -0.05) is 42.5 Å². The molecule has 7 nitrogen and oxygen atoms in total. The molecule has 0 aliphatic carbocycles. The molecule has 0 aromatic heterocycles. The van der Waals surface area contributed by atoms with Crippen LogP contribution in [0.5, 0.6) is 0 Å². The number of carboxylic acid groups (broad SMARTS) is 1. The predicted octanol–water partition coefficient (Wildman–Crippen LogP) is 2.55. The lowest BCUT2D eigenvalue weighted by molar-refractivity contribution is -0.384. The minimum Gasteiger partial charge on any atom is -0.479 e. The van der Waals surface area contributed by atoms with Crippen molar-refractivity contribution in [2.75, 3.05) is 0 Å². The minimum atomic E-state index is -1.18. The van der Waals surface area contributed by atoms with Gasteiger partial charge >= 0.3 is 5.97 Å². The third-order valence-electron chi connectivity index (χ3n) is 3.17. The standard InChI is InChI=1S/C17H14N2O5/c20-15(10-9-12-5-4-8-14(11-12)19(23)24)18-16(17(21)22)13-6-2-1-3-7-13/h1-11,16H,(H,18,20)(H,21,22)/b10-9+/t16-/m1/s1. The lowest BCUT2D eigenvalue weighted by Crippen LogP contribution is -2.32. The number of non-ortho nitro benzene ring substituents is 1. The molecule has 0 bridgehead atoms. The van der Waals surface area contributed by atoms with Crippen LogP contribution in [0.3, 0.4) is 0 Å². The molecular formula is C17H14N2O5. The van der Waals surface area contributed by atoms with Crippen molar-refractivity contribution in [3.8, 4) is 0 Å². The van der Waals surface area contributed by atoms with Crippen molar-refractivity contribution in [1.82, 2.24) is 5.32 Å². The number of hydrogen-bond donors (Lipinski definition) is 2. The van der Waals surface area contributed by atoms with Gasteiger partial charge in [0.05, 0.1) is 4.92 Å². The topological polar surface area (TPSA) is 110 Å². The van der Waals surface area contributed by atoms with Gasteiger partial charge in [0.2, 0.25) is 5.91 Å². The molecule has 1 amide bonds. The first-order chi connectivity index (χ1) is 11.5. The van der Waals surface area contributed by atoms with E-state index in [1.807, 2.05) is 0 Å². The van der Waals surface area contributed by atoms with E-state index >= 15 is 0 Å². The van der Waals surface area contributed by atoms with Gasteiger partial charge < -0.3 is 10.4 Å². The molecule has 0 heterocycles. The summed E-state index contributed by atoms with van der Waals surface area (Å²) in [6.07, 6.45) is 2.52. The van der Waals surface area contributed by atoms with E-state index in [1.165, 1.54) is 24.3 Å². The molecule has 2 N–H and O–H groups in total. The van der Waals surface area contributed by atoms with Crippen molar-refractivity contribution in [1.29, 1.82) is 0 Å². The Labute approximate surface area is 137 Å². The number of carbonyl (C=O) groups excluding carboxylic acids is 1. The van der Waals surface area contributed by atoms with Gasteiger partial charge in [0, 0.05) is 18.2 Å². The summed E-state index contributed by atoms with van der Waals surface area (Å²) in [7, 11) is 0. The molecule has 2 rings (SSSR count). The number of nitrogens with one attached hydrogen (secondary N) is 1. The van der Waals surface area contributed by atoms with E-state index in [0.29, 0.717) is 11.1 Å². The van der Waals surface area contributed by atoms with Crippen LogP contribution in [0.2, 0.25) is 0 Å². The van der Waals surface area contributed by atoms with Crippen molar-refractivity contribution >= 4 is 23.6 Å². The second kappa shape index (κ2) is 7.68. The van der Waals surface area contributed by atoms with Gasteiger partial charge in [-0.2, -0.15) is 0 Å². The molecule has 2 aromatic rings. The highest BCUT2D eigenvalue weighted by Gasteiger charge is 2.20. The van der Waals surface area contributed by atoms with Crippen LogP contribution in [0.4, 0.5) is 5.69 Å². The van der Waals surface area contributed by atoms with Crippen LogP contribution < -0.4 is 5.32 Å². The van der Waals surface area contributed by atoms with Crippen molar-refractivity contribution < 1.29 is 19.6 Å². The maximum Gasteiger partial charge on any atom is 0.330 e. The zero-order valence-electron chi connectivity index (χ0n) is 12.5. The molecule has 24 heavy (non-hydrogen) atoms. The maximum absolute atomic E-state index is 11.9. The number of nitrogens with zero attached hydrogens (tertiary/aromatic N) is 1. The van der Waals surface area contributed by atoms with Gasteiger partial charge in [-0.05, 0) is 17.2 Å². The number of rotatable bonds is 6. The average molecular weight is 326 g/mol. The van der Waals surface area contributed by atoms with Gasteiger partial charge in [0.15, 0.2) is 6.04 Å². The Balaban J connectivity index is 2.10. The van der Waals surface area contributed by atoms with E-state index in [-0.39, 0.29) is 5.69 Å². The monoisotopic (exact) mass is 326 g/mol. The number of carbonyl (C=O) groups is 2. The fourth-order valence-corrected chi connectivity index (χ4v) is 2.04. The molecule has 122 valence electrons. The van der Waals surface area contributed by atoms with E-state index < -0.39 is 22.8 Å². The molecule has 7 heteroatoms. The van der Waals surface area contributed by atoms with Crippen LogP contribution in [-0.2, 0) is 9.59 Å². The van der Waals surface area contributed by atoms with Gasteiger partial charge in [-0.3, -0.25) is 14.9 Å². The van der Waals surface area contributed by atoms with Gasteiger partial charge in [0.1, 0.15) is 0 Å². The summed E-state index contributed by atoms with van der Waals surface area (Å²) in [4.78, 5) is 33.4. The Morgan fingerprint density at radius 3 is 2.46 bits per heavy atom. The Morgan fingerprint density at radius 2 is 1.83 bits per heavy atom. The van der Waals surface area contributed by atoms with Gasteiger partial charge in [-0.25, -0.2) is 4.79 Å². The number of hydrogen-bond acceptors (Lipinski definition) is 4. The number of nitro groups is 1. The lowest BCUT2D eigenvalue weighted by atomic mass is 10.1. The van der Waals surface area contributed by atoms with Crippen LogP contribution in [0.15, 0.2) is 60.7 Å². The molecular weight excluding hydrogens is 312 g/mol.